The number of guanidine groups is 1. The molecule has 0 spiro atoms. The Balaban J connectivity index is 0.00000180. The van der Waals surface area contributed by atoms with Crippen LogP contribution in [-0.2, 0) is 6.54 Å². The number of halogens is 1. The van der Waals surface area contributed by atoms with Crippen molar-refractivity contribution in [2.45, 2.75) is 52.1 Å². The molecule has 1 heterocycles. The number of rotatable bonds is 3. The van der Waals surface area contributed by atoms with Crippen LogP contribution >= 0.6 is 24.0 Å². The fourth-order valence-corrected chi connectivity index (χ4v) is 2.50. The Kier molecular flexibility index (Phi) is 6.68. The van der Waals surface area contributed by atoms with E-state index in [4.69, 9.17) is 4.42 Å². The number of hydrogen-bond acceptors (Lipinski definition) is 2. The van der Waals surface area contributed by atoms with E-state index in [-0.39, 0.29) is 24.0 Å². The first-order valence-electron chi connectivity index (χ1n) is 6.72. The summed E-state index contributed by atoms with van der Waals surface area (Å²) < 4.78 is 5.51. The number of furan rings is 1. The van der Waals surface area contributed by atoms with E-state index < -0.39 is 0 Å². The zero-order valence-electron chi connectivity index (χ0n) is 12.0. The number of aryl methyl sites for hydroxylation is 2. The lowest BCUT2D eigenvalue weighted by molar-refractivity contribution is 0.500. The van der Waals surface area contributed by atoms with Gasteiger partial charge >= 0.3 is 0 Å². The van der Waals surface area contributed by atoms with Crippen molar-refractivity contribution in [1.82, 2.24) is 10.6 Å². The number of nitrogens with zero attached hydrogens (tertiary/aromatic N) is 1. The van der Waals surface area contributed by atoms with Gasteiger partial charge in [-0.15, -0.1) is 24.0 Å². The van der Waals surface area contributed by atoms with Crippen LogP contribution in [-0.4, -0.2) is 19.0 Å². The highest BCUT2D eigenvalue weighted by Gasteiger charge is 2.16. The summed E-state index contributed by atoms with van der Waals surface area (Å²) in [5.74, 6) is 2.83. The highest BCUT2D eigenvalue weighted by molar-refractivity contribution is 14.0. The quantitative estimate of drug-likeness (QED) is 0.484. The summed E-state index contributed by atoms with van der Waals surface area (Å²) in [4.78, 5) is 4.27. The molecule has 0 unspecified atom stereocenters. The first-order chi connectivity index (χ1) is 8.69. The molecule has 0 radical (unpaired) electrons. The summed E-state index contributed by atoms with van der Waals surface area (Å²) in [6.45, 7) is 4.73. The summed E-state index contributed by atoms with van der Waals surface area (Å²) in [6.07, 6.45) is 5.17. The van der Waals surface area contributed by atoms with Crippen LogP contribution in [0.5, 0.6) is 0 Å². The monoisotopic (exact) mass is 377 g/mol. The predicted octanol–water partition coefficient (Wildman–Crippen LogP) is 3.12. The molecule has 19 heavy (non-hydrogen) atoms. The van der Waals surface area contributed by atoms with Crippen LogP contribution in [0.4, 0.5) is 0 Å². The lowest BCUT2D eigenvalue weighted by Crippen LogP contribution is -2.41. The molecule has 108 valence electrons. The minimum absolute atomic E-state index is 0. The molecule has 1 fully saturated rings. The van der Waals surface area contributed by atoms with Crippen molar-refractivity contribution in [3.63, 3.8) is 0 Å². The summed E-state index contributed by atoms with van der Waals surface area (Å²) in [6, 6.07) is 2.66. The standard InChI is InChI=1S/C14H23N3O.HI/c1-10-8-12(11(2)18-10)9-16-14(15-3)17-13-6-4-5-7-13;/h8,13H,4-7,9H2,1-3H3,(H2,15,16,17);1H. The molecule has 0 saturated heterocycles. The Morgan fingerprint density at radius 3 is 2.58 bits per heavy atom. The highest BCUT2D eigenvalue weighted by atomic mass is 127. The molecule has 2 N–H and O–H groups in total. The number of nitrogens with one attached hydrogen (secondary N) is 2. The Labute approximate surface area is 132 Å². The summed E-state index contributed by atoms with van der Waals surface area (Å²) in [5, 5.41) is 6.82. The zero-order chi connectivity index (χ0) is 13.0. The van der Waals surface area contributed by atoms with E-state index in [9.17, 15) is 0 Å². The Morgan fingerprint density at radius 2 is 2.05 bits per heavy atom. The van der Waals surface area contributed by atoms with Crippen LogP contribution in [0.1, 0.15) is 42.8 Å². The largest absolute Gasteiger partial charge is 0.466 e. The van der Waals surface area contributed by atoms with E-state index in [2.05, 4.69) is 21.7 Å². The molecule has 1 aliphatic rings. The Bertz CT molecular complexity index is 422. The highest BCUT2D eigenvalue weighted by Crippen LogP contribution is 2.17. The molecule has 0 atom stereocenters. The van der Waals surface area contributed by atoms with Crippen molar-refractivity contribution < 1.29 is 4.42 Å². The minimum atomic E-state index is 0. The van der Waals surface area contributed by atoms with Crippen molar-refractivity contribution in [2.24, 2.45) is 4.99 Å². The maximum atomic E-state index is 5.51. The van der Waals surface area contributed by atoms with Gasteiger partial charge in [-0.3, -0.25) is 4.99 Å². The third-order valence-electron chi connectivity index (χ3n) is 3.51. The van der Waals surface area contributed by atoms with Crippen LogP contribution in [0.25, 0.3) is 0 Å². The van der Waals surface area contributed by atoms with Gasteiger partial charge in [0.15, 0.2) is 5.96 Å². The maximum absolute atomic E-state index is 5.51. The molecule has 2 rings (SSSR count). The van der Waals surface area contributed by atoms with Crippen molar-refractivity contribution in [1.29, 1.82) is 0 Å². The average Bonchev–Trinajstić information content (AvgIpc) is 2.94. The molecular formula is C14H24IN3O. The van der Waals surface area contributed by atoms with Gasteiger partial charge in [-0.25, -0.2) is 0 Å². The van der Waals surface area contributed by atoms with Gasteiger partial charge in [0.05, 0.1) is 0 Å². The van der Waals surface area contributed by atoms with E-state index in [1.165, 1.54) is 31.2 Å². The summed E-state index contributed by atoms with van der Waals surface area (Å²) in [5.41, 5.74) is 1.20. The Hall–Kier alpha value is -0.720. The van der Waals surface area contributed by atoms with Gasteiger partial charge in [-0.05, 0) is 32.8 Å². The van der Waals surface area contributed by atoms with Crippen molar-refractivity contribution in [2.75, 3.05) is 7.05 Å². The van der Waals surface area contributed by atoms with Crippen LogP contribution < -0.4 is 10.6 Å². The molecule has 0 amide bonds. The van der Waals surface area contributed by atoms with Crippen LogP contribution in [0.3, 0.4) is 0 Å². The Morgan fingerprint density at radius 1 is 1.37 bits per heavy atom. The lowest BCUT2D eigenvalue weighted by atomic mass is 10.2. The van der Waals surface area contributed by atoms with E-state index in [0.29, 0.717) is 6.04 Å². The van der Waals surface area contributed by atoms with Gasteiger partial charge in [0.2, 0.25) is 0 Å². The predicted molar refractivity (Wildman–Crippen MR) is 89.2 cm³/mol. The molecule has 0 bridgehead atoms. The van der Waals surface area contributed by atoms with Gasteiger partial charge in [0.1, 0.15) is 11.5 Å². The molecule has 5 heteroatoms. The van der Waals surface area contributed by atoms with Gasteiger partial charge in [-0.2, -0.15) is 0 Å². The molecule has 1 aromatic heterocycles. The van der Waals surface area contributed by atoms with Gasteiger partial charge in [0, 0.05) is 25.2 Å². The summed E-state index contributed by atoms with van der Waals surface area (Å²) >= 11 is 0. The van der Waals surface area contributed by atoms with Gasteiger partial charge in [0.25, 0.3) is 0 Å². The SMILES string of the molecule is CN=C(NCc1cc(C)oc1C)NC1CCCC1.I. The molecule has 0 aliphatic heterocycles. The van der Waals surface area contributed by atoms with Crippen molar-refractivity contribution >= 4 is 29.9 Å². The minimum Gasteiger partial charge on any atom is -0.466 e. The molecule has 1 aromatic rings. The molecule has 4 nitrogen and oxygen atoms in total. The number of aliphatic imine (C=N–C) groups is 1. The van der Waals surface area contributed by atoms with E-state index >= 15 is 0 Å². The van der Waals surface area contributed by atoms with Gasteiger partial charge in [-0.1, -0.05) is 12.8 Å². The fraction of sp³-hybridized carbons (Fsp3) is 0.643. The second-order valence-corrected chi connectivity index (χ2v) is 4.99. The van der Waals surface area contributed by atoms with E-state index in [1.54, 1.807) is 0 Å². The fourth-order valence-electron chi connectivity index (χ4n) is 2.50. The normalized spacial score (nSPS) is 16.3. The lowest BCUT2D eigenvalue weighted by Gasteiger charge is -2.16. The zero-order valence-corrected chi connectivity index (χ0v) is 14.3. The molecule has 1 aliphatic carbocycles. The smallest absolute Gasteiger partial charge is 0.191 e. The average molecular weight is 377 g/mol. The van der Waals surface area contributed by atoms with Crippen LogP contribution in [0.15, 0.2) is 15.5 Å². The molecule has 1 saturated carbocycles. The first-order valence-corrected chi connectivity index (χ1v) is 6.72. The third-order valence-corrected chi connectivity index (χ3v) is 3.51. The number of hydrogen-bond donors (Lipinski definition) is 2. The van der Waals surface area contributed by atoms with E-state index in [1.807, 2.05) is 20.9 Å². The summed E-state index contributed by atoms with van der Waals surface area (Å²) in [7, 11) is 1.82. The van der Waals surface area contributed by atoms with Gasteiger partial charge < -0.3 is 15.1 Å². The van der Waals surface area contributed by atoms with Crippen LogP contribution in [0, 0.1) is 13.8 Å². The second kappa shape index (κ2) is 7.77. The molecular weight excluding hydrogens is 353 g/mol. The van der Waals surface area contributed by atoms with Crippen molar-refractivity contribution in [3.8, 4) is 0 Å². The second-order valence-electron chi connectivity index (χ2n) is 4.99. The first kappa shape index (κ1) is 16.3. The van der Waals surface area contributed by atoms with E-state index in [0.717, 1.165) is 24.0 Å². The topological polar surface area (TPSA) is 49.6 Å². The van der Waals surface area contributed by atoms with Crippen molar-refractivity contribution in [3.05, 3.63) is 23.2 Å². The third kappa shape index (κ3) is 4.71. The molecule has 0 aromatic carbocycles. The van der Waals surface area contributed by atoms with Crippen LogP contribution in [0.2, 0.25) is 0 Å². The maximum Gasteiger partial charge on any atom is 0.191 e.